The lowest BCUT2D eigenvalue weighted by molar-refractivity contribution is -0.117. The number of amides is 3. The Labute approximate surface area is 175 Å². The van der Waals surface area contributed by atoms with Crippen molar-refractivity contribution in [1.29, 1.82) is 0 Å². The van der Waals surface area contributed by atoms with Crippen molar-refractivity contribution in [3.8, 4) is 0 Å². The first kappa shape index (κ1) is 21.4. The molecule has 7 nitrogen and oxygen atoms in total. The van der Waals surface area contributed by atoms with Crippen LogP contribution in [-0.4, -0.2) is 40.0 Å². The lowest BCUT2D eigenvalue weighted by Gasteiger charge is -2.14. The van der Waals surface area contributed by atoms with Crippen LogP contribution in [0.3, 0.4) is 0 Å². The number of aromatic nitrogens is 2. The Balaban J connectivity index is 1.54. The number of urea groups is 1. The van der Waals surface area contributed by atoms with E-state index in [0.29, 0.717) is 5.69 Å². The highest BCUT2D eigenvalue weighted by Crippen LogP contribution is 2.24. The number of benzene rings is 1. The third kappa shape index (κ3) is 5.61. The highest BCUT2D eigenvalue weighted by Gasteiger charge is 2.21. The summed E-state index contributed by atoms with van der Waals surface area (Å²) >= 11 is 1.33. The zero-order valence-corrected chi connectivity index (χ0v) is 18.2. The lowest BCUT2D eigenvalue weighted by atomic mass is 10.1. The standard InChI is InChI=1S/C21H28N4O3S/c1-13-7-8-17(10-14(13)2)23-20(27)24-19(26)12-29-21-22-15(3)16(4)25(21)11-18-6-5-9-28-18/h7-8,10,18H,5-6,9,11-12H2,1-4H3,(H2,23,24,26,27)/t18-/m0/s1. The van der Waals surface area contributed by atoms with E-state index < -0.39 is 6.03 Å². The maximum absolute atomic E-state index is 12.2. The van der Waals surface area contributed by atoms with E-state index in [-0.39, 0.29) is 17.8 Å². The summed E-state index contributed by atoms with van der Waals surface area (Å²) in [5, 5.41) is 5.85. The summed E-state index contributed by atoms with van der Waals surface area (Å²) in [4.78, 5) is 28.9. The number of imidazole rings is 1. The second-order valence-corrected chi connectivity index (χ2v) is 8.34. The molecule has 2 aromatic rings. The van der Waals surface area contributed by atoms with Crippen molar-refractivity contribution >= 4 is 29.4 Å². The summed E-state index contributed by atoms with van der Waals surface area (Å²) in [6.45, 7) is 9.51. The van der Waals surface area contributed by atoms with Crippen LogP contribution in [0.4, 0.5) is 10.5 Å². The van der Waals surface area contributed by atoms with Gasteiger partial charge >= 0.3 is 6.03 Å². The van der Waals surface area contributed by atoms with Gasteiger partial charge in [-0.3, -0.25) is 10.1 Å². The van der Waals surface area contributed by atoms with Gasteiger partial charge in [0.05, 0.1) is 24.1 Å². The lowest BCUT2D eigenvalue weighted by Crippen LogP contribution is -2.35. The molecule has 8 heteroatoms. The molecule has 1 atom stereocenters. The fourth-order valence-corrected chi connectivity index (χ4v) is 4.12. The molecule has 1 aromatic carbocycles. The van der Waals surface area contributed by atoms with Gasteiger partial charge in [0.25, 0.3) is 0 Å². The minimum absolute atomic E-state index is 0.113. The molecule has 2 heterocycles. The minimum Gasteiger partial charge on any atom is -0.376 e. The van der Waals surface area contributed by atoms with Gasteiger partial charge in [-0.25, -0.2) is 9.78 Å². The van der Waals surface area contributed by atoms with Crippen LogP contribution in [0.1, 0.15) is 35.4 Å². The summed E-state index contributed by atoms with van der Waals surface area (Å²) in [5.74, 6) is -0.250. The number of rotatable bonds is 6. The molecule has 1 fully saturated rings. The second-order valence-electron chi connectivity index (χ2n) is 7.40. The Bertz CT molecular complexity index is 904. The largest absolute Gasteiger partial charge is 0.376 e. The molecule has 156 valence electrons. The van der Waals surface area contributed by atoms with E-state index in [1.54, 1.807) is 0 Å². The number of anilines is 1. The van der Waals surface area contributed by atoms with Gasteiger partial charge in [0.2, 0.25) is 5.91 Å². The van der Waals surface area contributed by atoms with Crippen molar-refractivity contribution in [2.45, 2.75) is 58.3 Å². The molecule has 29 heavy (non-hydrogen) atoms. The summed E-state index contributed by atoms with van der Waals surface area (Å²) in [5.41, 5.74) is 4.90. The number of imide groups is 1. The average Bonchev–Trinajstić information content (AvgIpc) is 3.27. The van der Waals surface area contributed by atoms with Crippen LogP contribution in [0.15, 0.2) is 23.4 Å². The van der Waals surface area contributed by atoms with E-state index >= 15 is 0 Å². The van der Waals surface area contributed by atoms with Gasteiger partial charge < -0.3 is 14.6 Å². The predicted molar refractivity (Wildman–Crippen MR) is 114 cm³/mol. The van der Waals surface area contributed by atoms with Crippen LogP contribution in [-0.2, 0) is 16.1 Å². The molecule has 1 saturated heterocycles. The number of ether oxygens (including phenoxy) is 1. The van der Waals surface area contributed by atoms with E-state index in [1.165, 1.54) is 11.8 Å². The number of hydrogen-bond acceptors (Lipinski definition) is 5. The predicted octanol–water partition coefficient (Wildman–Crippen LogP) is 3.74. The Morgan fingerprint density at radius 3 is 2.72 bits per heavy atom. The zero-order valence-electron chi connectivity index (χ0n) is 17.4. The number of nitrogens with one attached hydrogen (secondary N) is 2. The average molecular weight is 417 g/mol. The molecule has 1 aliphatic rings. The molecule has 2 N–H and O–H groups in total. The molecule has 0 unspecified atom stereocenters. The summed E-state index contributed by atoms with van der Waals surface area (Å²) in [7, 11) is 0. The molecular formula is C21H28N4O3S. The van der Waals surface area contributed by atoms with E-state index in [2.05, 4.69) is 20.2 Å². The molecule has 0 saturated carbocycles. The third-order valence-electron chi connectivity index (χ3n) is 5.18. The van der Waals surface area contributed by atoms with E-state index in [1.807, 2.05) is 45.9 Å². The van der Waals surface area contributed by atoms with Gasteiger partial charge in [-0.2, -0.15) is 0 Å². The molecule has 3 rings (SSSR count). The highest BCUT2D eigenvalue weighted by atomic mass is 32.2. The molecule has 3 amide bonds. The Kier molecular flexibility index (Phi) is 6.97. The normalized spacial score (nSPS) is 16.1. The molecule has 0 bridgehead atoms. The van der Waals surface area contributed by atoms with Crippen LogP contribution < -0.4 is 10.6 Å². The number of hydrogen-bond donors (Lipinski definition) is 2. The first-order valence-corrected chi connectivity index (χ1v) is 10.8. The van der Waals surface area contributed by atoms with Crippen LogP contribution in [0.2, 0.25) is 0 Å². The molecule has 1 aliphatic heterocycles. The summed E-state index contributed by atoms with van der Waals surface area (Å²) in [6, 6.07) is 5.09. The first-order chi connectivity index (χ1) is 13.8. The third-order valence-corrected chi connectivity index (χ3v) is 6.16. The number of carbonyl (C=O) groups is 2. The molecule has 0 aliphatic carbocycles. The van der Waals surface area contributed by atoms with Crippen molar-refractivity contribution in [1.82, 2.24) is 14.9 Å². The monoisotopic (exact) mass is 416 g/mol. The first-order valence-electron chi connectivity index (χ1n) is 9.79. The van der Waals surface area contributed by atoms with Gasteiger partial charge in [0, 0.05) is 18.0 Å². The fraction of sp³-hybridized carbons (Fsp3) is 0.476. The smallest absolute Gasteiger partial charge is 0.325 e. The van der Waals surface area contributed by atoms with Gasteiger partial charge in [-0.1, -0.05) is 17.8 Å². The SMILES string of the molecule is Cc1ccc(NC(=O)NC(=O)CSc2nc(C)c(C)n2C[C@@H]2CCCO2)cc1C. The molecule has 0 spiro atoms. The maximum atomic E-state index is 12.2. The van der Waals surface area contributed by atoms with Crippen molar-refractivity contribution in [3.63, 3.8) is 0 Å². The number of carbonyl (C=O) groups excluding carboxylic acids is 2. The Hall–Kier alpha value is -2.32. The van der Waals surface area contributed by atoms with Gasteiger partial charge in [-0.15, -0.1) is 0 Å². The van der Waals surface area contributed by atoms with Crippen LogP contribution in [0.5, 0.6) is 0 Å². The zero-order chi connectivity index (χ0) is 21.0. The maximum Gasteiger partial charge on any atom is 0.325 e. The molecule has 1 aromatic heterocycles. The molecule has 0 radical (unpaired) electrons. The van der Waals surface area contributed by atoms with Gasteiger partial charge in [0.1, 0.15) is 0 Å². The van der Waals surface area contributed by atoms with Crippen molar-refractivity contribution in [2.24, 2.45) is 0 Å². The van der Waals surface area contributed by atoms with Crippen molar-refractivity contribution < 1.29 is 14.3 Å². The number of nitrogens with zero attached hydrogens (tertiary/aromatic N) is 2. The van der Waals surface area contributed by atoms with Gasteiger partial charge in [0.15, 0.2) is 5.16 Å². The van der Waals surface area contributed by atoms with E-state index in [0.717, 1.165) is 53.7 Å². The van der Waals surface area contributed by atoms with Crippen LogP contribution in [0, 0.1) is 27.7 Å². The number of aryl methyl sites for hydroxylation is 3. The van der Waals surface area contributed by atoms with Gasteiger partial charge in [-0.05, 0) is 63.8 Å². The Morgan fingerprint density at radius 1 is 1.24 bits per heavy atom. The number of thioether (sulfide) groups is 1. The summed E-state index contributed by atoms with van der Waals surface area (Å²) in [6.07, 6.45) is 2.32. The molecular weight excluding hydrogens is 388 g/mol. The minimum atomic E-state index is -0.533. The second kappa shape index (κ2) is 9.45. The highest BCUT2D eigenvalue weighted by molar-refractivity contribution is 7.99. The van der Waals surface area contributed by atoms with Crippen LogP contribution >= 0.6 is 11.8 Å². The Morgan fingerprint density at radius 2 is 2.03 bits per heavy atom. The topological polar surface area (TPSA) is 85.3 Å². The van der Waals surface area contributed by atoms with Crippen molar-refractivity contribution in [2.75, 3.05) is 17.7 Å². The summed E-state index contributed by atoms with van der Waals surface area (Å²) < 4.78 is 7.85. The van der Waals surface area contributed by atoms with E-state index in [9.17, 15) is 9.59 Å². The fourth-order valence-electron chi connectivity index (χ4n) is 3.22. The quantitative estimate of drug-likeness (QED) is 0.701. The van der Waals surface area contributed by atoms with Crippen molar-refractivity contribution in [3.05, 3.63) is 40.7 Å². The van der Waals surface area contributed by atoms with E-state index in [4.69, 9.17) is 4.74 Å². The van der Waals surface area contributed by atoms with Crippen LogP contribution in [0.25, 0.3) is 0 Å².